The normalized spacial score (nSPS) is 14.8. The molecular formula is C36H32O5. The largest absolute Gasteiger partial charge is 0.494 e. The Hall–Kier alpha value is -4.90. The molecule has 1 aliphatic carbocycles. The summed E-state index contributed by atoms with van der Waals surface area (Å²) in [6, 6.07) is 22.5. The molecule has 0 N–H and O–H groups in total. The highest BCUT2D eigenvalue weighted by Gasteiger charge is 2.35. The monoisotopic (exact) mass is 544 g/mol. The van der Waals surface area contributed by atoms with Crippen molar-refractivity contribution in [3.05, 3.63) is 142 Å². The number of rotatable bonds is 10. The van der Waals surface area contributed by atoms with Crippen molar-refractivity contribution < 1.29 is 23.8 Å². The molecule has 0 fully saturated rings. The number of carbonyl (C=O) groups is 2. The van der Waals surface area contributed by atoms with Crippen molar-refractivity contribution in [2.24, 2.45) is 0 Å². The summed E-state index contributed by atoms with van der Waals surface area (Å²) >= 11 is 0. The fraction of sp³-hybridized carbons (Fsp3) is 0.167. The maximum absolute atomic E-state index is 13.3. The Kier molecular flexibility index (Phi) is 8.75. The lowest BCUT2D eigenvalue weighted by Crippen LogP contribution is -2.07. The van der Waals surface area contributed by atoms with E-state index in [-0.39, 0.29) is 17.1 Å². The molecule has 0 radical (unpaired) electrons. The van der Waals surface area contributed by atoms with Crippen LogP contribution in [0, 0.1) is 0 Å². The number of allylic oxidation sites excluding steroid dienone is 6. The Morgan fingerprint density at radius 3 is 1.46 bits per heavy atom. The number of ether oxygens (including phenoxy) is 3. The Labute approximate surface area is 240 Å². The summed E-state index contributed by atoms with van der Waals surface area (Å²) in [5, 5.41) is 0. The van der Waals surface area contributed by atoms with Crippen LogP contribution in [0.3, 0.4) is 0 Å². The van der Waals surface area contributed by atoms with Crippen molar-refractivity contribution in [3.63, 3.8) is 0 Å². The molecule has 0 atom stereocenters. The van der Waals surface area contributed by atoms with Gasteiger partial charge in [-0.15, -0.1) is 0 Å². The number of ketones is 2. The number of benzene rings is 3. The van der Waals surface area contributed by atoms with Crippen LogP contribution in [0.5, 0.6) is 11.5 Å². The maximum Gasteiger partial charge on any atom is 0.198 e. The number of hydrogen-bond acceptors (Lipinski definition) is 5. The topological polar surface area (TPSA) is 61.8 Å². The lowest BCUT2D eigenvalue weighted by atomic mass is 10.00. The molecule has 0 amide bonds. The van der Waals surface area contributed by atoms with Gasteiger partial charge in [-0.3, -0.25) is 9.59 Å². The molecule has 206 valence electrons. The van der Waals surface area contributed by atoms with Gasteiger partial charge in [-0.1, -0.05) is 74.5 Å². The average molecular weight is 545 g/mol. The van der Waals surface area contributed by atoms with Gasteiger partial charge in [0.2, 0.25) is 0 Å². The minimum absolute atomic E-state index is 0.154. The van der Waals surface area contributed by atoms with Crippen LogP contribution in [0.4, 0.5) is 0 Å². The Morgan fingerprint density at radius 2 is 1.05 bits per heavy atom. The molecule has 1 aliphatic heterocycles. The van der Waals surface area contributed by atoms with Gasteiger partial charge in [0.15, 0.2) is 11.6 Å². The molecule has 0 saturated carbocycles. The number of Topliss-reactive ketones (excluding diaryl/α,β-unsaturated/α-hetero) is 2. The second-order valence-electron chi connectivity index (χ2n) is 9.73. The first kappa shape index (κ1) is 27.7. The molecule has 5 heteroatoms. The van der Waals surface area contributed by atoms with Gasteiger partial charge in [-0.2, -0.15) is 0 Å². The number of carbonyl (C=O) groups excluding carboxylic acids is 2. The summed E-state index contributed by atoms with van der Waals surface area (Å²) in [5.41, 5.74) is 3.46. The fourth-order valence-electron chi connectivity index (χ4n) is 4.51. The summed E-state index contributed by atoms with van der Waals surface area (Å²) in [6.45, 7) is 5.49. The highest BCUT2D eigenvalue weighted by molar-refractivity contribution is 6.40. The van der Waals surface area contributed by atoms with E-state index in [0.29, 0.717) is 41.4 Å². The summed E-state index contributed by atoms with van der Waals surface area (Å²) in [4.78, 5) is 26.5. The molecule has 0 unspecified atom stereocenters. The van der Waals surface area contributed by atoms with Crippen molar-refractivity contribution in [2.75, 3.05) is 13.2 Å². The van der Waals surface area contributed by atoms with Crippen LogP contribution in [-0.4, -0.2) is 24.8 Å². The third-order valence-electron chi connectivity index (χ3n) is 6.58. The third kappa shape index (κ3) is 6.64. The number of hydrogen-bond donors (Lipinski definition) is 0. The molecule has 5 rings (SSSR count). The lowest BCUT2D eigenvalue weighted by Gasteiger charge is -2.15. The molecule has 3 aromatic carbocycles. The molecule has 1 heterocycles. The van der Waals surface area contributed by atoms with E-state index in [0.717, 1.165) is 35.5 Å². The van der Waals surface area contributed by atoms with Gasteiger partial charge in [0, 0.05) is 11.1 Å². The second-order valence-corrected chi connectivity index (χ2v) is 9.73. The first-order valence-electron chi connectivity index (χ1n) is 13.9. The van der Waals surface area contributed by atoms with Crippen LogP contribution < -0.4 is 9.47 Å². The van der Waals surface area contributed by atoms with Crippen LogP contribution in [0.25, 0.3) is 12.2 Å². The van der Waals surface area contributed by atoms with Crippen molar-refractivity contribution >= 4 is 23.7 Å². The Morgan fingerprint density at radius 1 is 0.610 bits per heavy atom. The van der Waals surface area contributed by atoms with Crippen LogP contribution in [0.2, 0.25) is 0 Å². The first-order chi connectivity index (χ1) is 20.1. The summed E-state index contributed by atoms with van der Waals surface area (Å²) in [7, 11) is 0. The minimum Gasteiger partial charge on any atom is -0.494 e. The summed E-state index contributed by atoms with van der Waals surface area (Å²) in [5.74, 6) is 2.13. The van der Waals surface area contributed by atoms with Gasteiger partial charge in [0.05, 0.1) is 18.8 Å². The Balaban J connectivity index is 1.44. The average Bonchev–Trinajstić information content (AvgIpc) is 3.27. The molecule has 41 heavy (non-hydrogen) atoms. The number of fused-ring (bicyclic) bond motifs is 1. The van der Waals surface area contributed by atoms with Crippen molar-refractivity contribution in [1.29, 1.82) is 0 Å². The summed E-state index contributed by atoms with van der Waals surface area (Å²) in [6.07, 6.45) is 12.9. The van der Waals surface area contributed by atoms with E-state index in [1.807, 2.05) is 72.8 Å². The second kappa shape index (κ2) is 13.0. The van der Waals surface area contributed by atoms with Crippen LogP contribution in [0.15, 0.2) is 120 Å². The van der Waals surface area contributed by atoms with E-state index in [2.05, 4.69) is 13.8 Å². The van der Waals surface area contributed by atoms with E-state index in [9.17, 15) is 9.59 Å². The van der Waals surface area contributed by atoms with Gasteiger partial charge >= 0.3 is 0 Å². The molecule has 0 bridgehead atoms. The standard InChI is InChI=1S/C36H32O5/c1-3-21-39-28-15-9-25(10-16-28)13-19-30-23-27(34-35(37)32-7-5-6-8-33(32)36(34)38)24-31(41-30)20-14-26-11-17-29(18-12-26)40-22-4-2/h5-20,23-24H,3-4,21-22H2,1-2H3/b19-13+,20-14+. The maximum atomic E-state index is 13.3. The first-order valence-corrected chi connectivity index (χ1v) is 13.9. The van der Waals surface area contributed by atoms with Gasteiger partial charge in [-0.05, 0) is 78.1 Å². The Bertz CT molecular complexity index is 1470. The molecule has 5 nitrogen and oxygen atoms in total. The van der Waals surface area contributed by atoms with Crippen molar-refractivity contribution in [2.45, 2.75) is 26.7 Å². The van der Waals surface area contributed by atoms with Gasteiger partial charge in [-0.25, -0.2) is 0 Å². The highest BCUT2D eigenvalue weighted by Crippen LogP contribution is 2.33. The van der Waals surface area contributed by atoms with Crippen molar-refractivity contribution in [1.82, 2.24) is 0 Å². The third-order valence-corrected chi connectivity index (χ3v) is 6.58. The van der Waals surface area contributed by atoms with E-state index in [1.165, 1.54) is 0 Å². The zero-order valence-corrected chi connectivity index (χ0v) is 23.3. The molecule has 2 aliphatic rings. The van der Waals surface area contributed by atoms with E-state index in [1.54, 1.807) is 36.4 Å². The van der Waals surface area contributed by atoms with Gasteiger partial charge in [0.1, 0.15) is 23.0 Å². The van der Waals surface area contributed by atoms with Crippen LogP contribution in [0.1, 0.15) is 58.5 Å². The van der Waals surface area contributed by atoms with E-state index in [4.69, 9.17) is 14.2 Å². The fourth-order valence-corrected chi connectivity index (χ4v) is 4.51. The molecule has 0 aromatic heterocycles. The molecule has 0 saturated heterocycles. The molecular weight excluding hydrogens is 512 g/mol. The zero-order chi connectivity index (χ0) is 28.6. The highest BCUT2D eigenvalue weighted by atomic mass is 16.5. The molecule has 3 aromatic rings. The summed E-state index contributed by atoms with van der Waals surface area (Å²) < 4.78 is 17.5. The smallest absolute Gasteiger partial charge is 0.198 e. The predicted octanol–water partition coefficient (Wildman–Crippen LogP) is 8.16. The minimum atomic E-state index is -0.271. The molecule has 0 spiro atoms. The van der Waals surface area contributed by atoms with Crippen LogP contribution in [-0.2, 0) is 4.74 Å². The van der Waals surface area contributed by atoms with Crippen molar-refractivity contribution in [3.8, 4) is 11.5 Å². The zero-order valence-electron chi connectivity index (χ0n) is 23.3. The predicted molar refractivity (Wildman–Crippen MR) is 162 cm³/mol. The lowest BCUT2D eigenvalue weighted by molar-refractivity contribution is 0.0987. The van der Waals surface area contributed by atoms with E-state index < -0.39 is 0 Å². The van der Waals surface area contributed by atoms with Gasteiger partial charge in [0.25, 0.3) is 0 Å². The van der Waals surface area contributed by atoms with Gasteiger partial charge < -0.3 is 14.2 Å². The SMILES string of the molecule is CCCOc1ccc(/C=C/C2=CC(=C3C(=O)c4ccccc4C3=O)C=C(/C=C/c3ccc(OCCC)cc3)O2)cc1. The quantitative estimate of drug-likeness (QED) is 0.190. The van der Waals surface area contributed by atoms with Crippen LogP contribution >= 0.6 is 0 Å². The van der Waals surface area contributed by atoms with E-state index >= 15 is 0 Å².